The van der Waals surface area contributed by atoms with Crippen molar-refractivity contribution < 1.29 is 9.18 Å². The summed E-state index contributed by atoms with van der Waals surface area (Å²) >= 11 is 0. The third kappa shape index (κ3) is 2.25. The van der Waals surface area contributed by atoms with Crippen molar-refractivity contribution in [1.82, 2.24) is 10.6 Å². The number of carbonyl (C=O) groups is 1. The van der Waals surface area contributed by atoms with Gasteiger partial charge in [0, 0.05) is 12.6 Å². The van der Waals surface area contributed by atoms with E-state index in [1.807, 2.05) is 6.07 Å². The topological polar surface area (TPSA) is 41.1 Å². The third-order valence-corrected chi connectivity index (χ3v) is 4.41. The number of amides is 1. The average Bonchev–Trinajstić information content (AvgIpc) is 2.80. The van der Waals surface area contributed by atoms with Crippen LogP contribution in [-0.2, 0) is 10.2 Å². The first-order chi connectivity index (χ1) is 9.21. The molecule has 0 spiro atoms. The van der Waals surface area contributed by atoms with Crippen LogP contribution in [0.2, 0.25) is 0 Å². The van der Waals surface area contributed by atoms with Gasteiger partial charge in [-0.2, -0.15) is 0 Å². The Morgan fingerprint density at radius 2 is 2.26 bits per heavy atom. The van der Waals surface area contributed by atoms with Crippen molar-refractivity contribution >= 4 is 5.91 Å². The second-order valence-corrected chi connectivity index (χ2v) is 5.61. The van der Waals surface area contributed by atoms with E-state index in [1.54, 1.807) is 6.07 Å². The summed E-state index contributed by atoms with van der Waals surface area (Å²) in [5, 5.41) is 6.36. The molecule has 1 aliphatic heterocycles. The minimum atomic E-state index is -0.495. The molecule has 2 fully saturated rings. The first-order valence-corrected chi connectivity index (χ1v) is 6.98. The maximum absolute atomic E-state index is 13.4. The van der Waals surface area contributed by atoms with Crippen molar-refractivity contribution in [2.45, 2.75) is 37.1 Å². The Morgan fingerprint density at radius 3 is 2.84 bits per heavy atom. The molecule has 1 amide bonds. The molecule has 0 aromatic heterocycles. The number of rotatable bonds is 3. The van der Waals surface area contributed by atoms with Gasteiger partial charge in [0.1, 0.15) is 5.82 Å². The standard InChI is InChI=1S/C15H19FN2O/c16-12-4-1-3-11(9-12)15(6-2-7-15)14(19)18-13-5-8-17-10-13/h1,3-4,9,13,17H,2,5-8,10H2,(H,18,19). The van der Waals surface area contributed by atoms with Crippen molar-refractivity contribution in [1.29, 1.82) is 0 Å². The van der Waals surface area contributed by atoms with Gasteiger partial charge in [0.05, 0.1) is 5.41 Å². The number of nitrogens with one attached hydrogen (secondary N) is 2. The van der Waals surface area contributed by atoms with E-state index >= 15 is 0 Å². The van der Waals surface area contributed by atoms with Crippen molar-refractivity contribution in [2.24, 2.45) is 0 Å². The molecule has 1 aromatic rings. The molecule has 1 saturated carbocycles. The van der Waals surface area contributed by atoms with Gasteiger partial charge < -0.3 is 10.6 Å². The number of benzene rings is 1. The van der Waals surface area contributed by atoms with E-state index in [4.69, 9.17) is 0 Å². The van der Waals surface area contributed by atoms with Crippen LogP contribution in [0.1, 0.15) is 31.2 Å². The van der Waals surface area contributed by atoms with E-state index in [-0.39, 0.29) is 17.8 Å². The van der Waals surface area contributed by atoms with Crippen LogP contribution in [0.4, 0.5) is 4.39 Å². The van der Waals surface area contributed by atoms with Gasteiger partial charge in [-0.1, -0.05) is 18.6 Å². The molecule has 0 radical (unpaired) electrons. The second-order valence-electron chi connectivity index (χ2n) is 5.61. The maximum atomic E-state index is 13.4. The Labute approximate surface area is 112 Å². The van der Waals surface area contributed by atoms with Gasteiger partial charge in [-0.25, -0.2) is 4.39 Å². The molecule has 19 heavy (non-hydrogen) atoms. The summed E-state index contributed by atoms with van der Waals surface area (Å²) in [5.41, 5.74) is 0.326. The normalized spacial score (nSPS) is 24.8. The highest BCUT2D eigenvalue weighted by Gasteiger charge is 2.46. The summed E-state index contributed by atoms with van der Waals surface area (Å²) in [7, 11) is 0. The van der Waals surface area contributed by atoms with Crippen LogP contribution >= 0.6 is 0 Å². The fourth-order valence-electron chi connectivity index (χ4n) is 3.06. The zero-order valence-electron chi connectivity index (χ0n) is 10.9. The van der Waals surface area contributed by atoms with Gasteiger partial charge in [-0.15, -0.1) is 0 Å². The fourth-order valence-corrected chi connectivity index (χ4v) is 3.06. The Bertz CT molecular complexity index is 479. The third-order valence-electron chi connectivity index (χ3n) is 4.41. The van der Waals surface area contributed by atoms with Gasteiger partial charge >= 0.3 is 0 Å². The zero-order valence-corrected chi connectivity index (χ0v) is 10.9. The van der Waals surface area contributed by atoms with E-state index in [1.165, 1.54) is 12.1 Å². The lowest BCUT2D eigenvalue weighted by atomic mass is 9.63. The largest absolute Gasteiger partial charge is 0.351 e. The quantitative estimate of drug-likeness (QED) is 0.871. The molecule has 1 unspecified atom stereocenters. The maximum Gasteiger partial charge on any atom is 0.230 e. The molecule has 2 N–H and O–H groups in total. The van der Waals surface area contributed by atoms with E-state index in [0.29, 0.717) is 0 Å². The first-order valence-electron chi connectivity index (χ1n) is 6.98. The molecule has 1 saturated heterocycles. The number of carbonyl (C=O) groups excluding carboxylic acids is 1. The summed E-state index contributed by atoms with van der Waals surface area (Å²) in [4.78, 5) is 12.6. The average molecular weight is 262 g/mol. The fraction of sp³-hybridized carbons (Fsp3) is 0.533. The number of hydrogen-bond acceptors (Lipinski definition) is 2. The van der Waals surface area contributed by atoms with E-state index < -0.39 is 5.41 Å². The van der Waals surface area contributed by atoms with Crippen molar-refractivity contribution in [2.75, 3.05) is 13.1 Å². The summed E-state index contributed by atoms with van der Waals surface area (Å²) in [5.74, 6) is -0.197. The van der Waals surface area contributed by atoms with Crippen LogP contribution in [0.15, 0.2) is 24.3 Å². The molecule has 1 aromatic carbocycles. The molecule has 4 heteroatoms. The molecule has 3 rings (SSSR count). The molecule has 102 valence electrons. The molecule has 1 atom stereocenters. The van der Waals surface area contributed by atoms with Crippen LogP contribution in [-0.4, -0.2) is 25.0 Å². The van der Waals surface area contributed by atoms with Gasteiger partial charge in [-0.05, 0) is 43.5 Å². The minimum Gasteiger partial charge on any atom is -0.351 e. The predicted octanol–water partition coefficient (Wildman–Crippen LogP) is 1.73. The molecular formula is C15H19FN2O. The number of hydrogen-bond donors (Lipinski definition) is 2. The Hall–Kier alpha value is -1.42. The monoisotopic (exact) mass is 262 g/mol. The van der Waals surface area contributed by atoms with Gasteiger partial charge in [0.25, 0.3) is 0 Å². The van der Waals surface area contributed by atoms with Crippen molar-refractivity contribution in [3.63, 3.8) is 0 Å². The summed E-state index contributed by atoms with van der Waals surface area (Å²) in [6.07, 6.45) is 3.66. The van der Waals surface area contributed by atoms with Gasteiger partial charge in [0.2, 0.25) is 5.91 Å². The Morgan fingerprint density at radius 1 is 1.42 bits per heavy atom. The van der Waals surface area contributed by atoms with E-state index in [2.05, 4.69) is 10.6 Å². The van der Waals surface area contributed by atoms with Crippen molar-refractivity contribution in [3.8, 4) is 0 Å². The van der Waals surface area contributed by atoms with Crippen LogP contribution in [0, 0.1) is 5.82 Å². The summed E-state index contributed by atoms with van der Waals surface area (Å²) in [6.45, 7) is 1.79. The summed E-state index contributed by atoms with van der Waals surface area (Å²) in [6, 6.07) is 6.71. The van der Waals surface area contributed by atoms with Crippen LogP contribution in [0.5, 0.6) is 0 Å². The molecule has 2 aliphatic rings. The predicted molar refractivity (Wildman–Crippen MR) is 71.3 cm³/mol. The first kappa shape index (κ1) is 12.6. The Kier molecular flexibility index (Phi) is 3.27. The second kappa shape index (κ2) is 4.93. The van der Waals surface area contributed by atoms with E-state index in [9.17, 15) is 9.18 Å². The molecular weight excluding hydrogens is 243 g/mol. The van der Waals surface area contributed by atoms with Crippen LogP contribution in [0.3, 0.4) is 0 Å². The molecule has 1 aliphatic carbocycles. The number of halogens is 1. The highest BCUT2D eigenvalue weighted by atomic mass is 19.1. The molecule has 1 heterocycles. The lowest BCUT2D eigenvalue weighted by Crippen LogP contribution is -2.52. The Balaban J connectivity index is 1.80. The summed E-state index contributed by atoms with van der Waals surface area (Å²) < 4.78 is 13.4. The smallest absolute Gasteiger partial charge is 0.230 e. The molecule has 0 bridgehead atoms. The van der Waals surface area contributed by atoms with Crippen molar-refractivity contribution in [3.05, 3.63) is 35.6 Å². The highest BCUT2D eigenvalue weighted by Crippen LogP contribution is 2.44. The van der Waals surface area contributed by atoms with Gasteiger partial charge in [-0.3, -0.25) is 4.79 Å². The lowest BCUT2D eigenvalue weighted by Gasteiger charge is -2.41. The SMILES string of the molecule is O=C(NC1CCNC1)C1(c2cccc(F)c2)CCC1. The zero-order chi connectivity index (χ0) is 13.3. The van der Waals surface area contributed by atoms with E-state index in [0.717, 1.165) is 44.3 Å². The van der Waals surface area contributed by atoms with Crippen LogP contribution < -0.4 is 10.6 Å². The van der Waals surface area contributed by atoms with Crippen LogP contribution in [0.25, 0.3) is 0 Å². The van der Waals surface area contributed by atoms with Gasteiger partial charge in [0.15, 0.2) is 0 Å². The highest BCUT2D eigenvalue weighted by molar-refractivity contribution is 5.89. The minimum absolute atomic E-state index is 0.0676. The lowest BCUT2D eigenvalue weighted by molar-refractivity contribution is -0.130. The molecule has 3 nitrogen and oxygen atoms in total.